The van der Waals surface area contributed by atoms with E-state index in [0.29, 0.717) is 23.7 Å². The molecule has 0 amide bonds. The van der Waals surface area contributed by atoms with Gasteiger partial charge < -0.3 is 5.32 Å². The highest BCUT2D eigenvalue weighted by molar-refractivity contribution is 9.10. The van der Waals surface area contributed by atoms with Gasteiger partial charge in [0, 0.05) is 16.8 Å². The van der Waals surface area contributed by atoms with Crippen LogP contribution in [0.15, 0.2) is 16.6 Å². The maximum Gasteiger partial charge on any atom is 0.150 e. The van der Waals surface area contributed by atoms with Gasteiger partial charge in [-0.25, -0.2) is 17.2 Å². The van der Waals surface area contributed by atoms with Crippen LogP contribution < -0.4 is 5.32 Å². The van der Waals surface area contributed by atoms with Crippen molar-refractivity contribution in [2.45, 2.75) is 37.0 Å². The summed E-state index contributed by atoms with van der Waals surface area (Å²) in [5.41, 5.74) is -0.188. The summed E-state index contributed by atoms with van der Waals surface area (Å²) in [6.45, 7) is 0. The molecule has 1 aromatic rings. The van der Waals surface area contributed by atoms with E-state index in [1.165, 1.54) is 18.4 Å². The van der Waals surface area contributed by atoms with Crippen LogP contribution in [-0.4, -0.2) is 26.0 Å². The number of benzene rings is 1. The van der Waals surface area contributed by atoms with Gasteiger partial charge in [0.2, 0.25) is 0 Å². The molecule has 1 saturated carbocycles. The molecule has 0 saturated heterocycles. The molecule has 0 spiro atoms. The van der Waals surface area contributed by atoms with Crippen LogP contribution in [0.4, 0.5) is 14.5 Å². The summed E-state index contributed by atoms with van der Waals surface area (Å²) in [6, 6.07) is 2.14. The number of nitrogens with one attached hydrogen (secondary N) is 1. The number of halogens is 3. The van der Waals surface area contributed by atoms with Gasteiger partial charge in [0.1, 0.15) is 27.2 Å². The van der Waals surface area contributed by atoms with E-state index in [4.69, 9.17) is 0 Å². The first-order valence-electron chi connectivity index (χ1n) is 6.37. The number of sulfone groups is 1. The number of anilines is 1. The van der Waals surface area contributed by atoms with Crippen molar-refractivity contribution in [1.29, 1.82) is 0 Å². The van der Waals surface area contributed by atoms with Crippen LogP contribution in [0.2, 0.25) is 0 Å². The SMILES string of the molecule is CS(=O)(=O)C1CCCC(Nc2c(F)cc(Br)cc2F)C1. The average molecular weight is 368 g/mol. The summed E-state index contributed by atoms with van der Waals surface area (Å²) in [6.07, 6.45) is 3.65. The molecular formula is C13H16BrF2NO2S. The van der Waals surface area contributed by atoms with Crippen molar-refractivity contribution in [1.82, 2.24) is 0 Å². The van der Waals surface area contributed by atoms with Crippen LogP contribution in [-0.2, 0) is 9.84 Å². The molecule has 1 aromatic carbocycles. The maximum atomic E-state index is 13.7. The van der Waals surface area contributed by atoms with Gasteiger partial charge in [-0.15, -0.1) is 0 Å². The Labute approximate surface area is 125 Å². The Bertz CT molecular complexity index is 583. The van der Waals surface area contributed by atoms with Gasteiger partial charge >= 0.3 is 0 Å². The third-order valence-electron chi connectivity index (χ3n) is 3.59. The van der Waals surface area contributed by atoms with E-state index in [9.17, 15) is 17.2 Å². The molecule has 2 unspecified atom stereocenters. The van der Waals surface area contributed by atoms with E-state index in [0.717, 1.165) is 6.42 Å². The molecule has 1 aliphatic carbocycles. The number of hydrogen-bond acceptors (Lipinski definition) is 3. The standard InChI is InChI=1S/C13H16BrF2NO2S/c1-20(18,19)10-4-2-3-9(7-10)17-13-11(15)5-8(14)6-12(13)16/h5-6,9-10,17H,2-4,7H2,1H3. The topological polar surface area (TPSA) is 46.2 Å². The smallest absolute Gasteiger partial charge is 0.150 e. The fraction of sp³-hybridized carbons (Fsp3) is 0.538. The molecule has 0 aliphatic heterocycles. The minimum absolute atomic E-state index is 0.188. The molecule has 0 aromatic heterocycles. The van der Waals surface area contributed by atoms with Crippen LogP contribution in [0.5, 0.6) is 0 Å². The molecule has 0 bridgehead atoms. The summed E-state index contributed by atoms with van der Waals surface area (Å²) in [4.78, 5) is 0. The van der Waals surface area contributed by atoms with Gasteiger partial charge in [-0.05, 0) is 31.4 Å². The second kappa shape index (κ2) is 5.97. The third kappa shape index (κ3) is 3.69. The fourth-order valence-electron chi connectivity index (χ4n) is 2.55. The Morgan fingerprint density at radius 2 is 1.85 bits per heavy atom. The van der Waals surface area contributed by atoms with Gasteiger partial charge in [-0.3, -0.25) is 0 Å². The van der Waals surface area contributed by atoms with Gasteiger partial charge in [-0.1, -0.05) is 22.4 Å². The molecule has 112 valence electrons. The zero-order valence-corrected chi connectivity index (χ0v) is 13.4. The minimum Gasteiger partial charge on any atom is -0.378 e. The number of hydrogen-bond donors (Lipinski definition) is 1. The van der Waals surface area contributed by atoms with Crippen molar-refractivity contribution >= 4 is 31.5 Å². The lowest BCUT2D eigenvalue weighted by Gasteiger charge is -2.29. The predicted octanol–water partition coefficient (Wildman–Crippen LogP) is 3.50. The van der Waals surface area contributed by atoms with E-state index in [1.54, 1.807) is 0 Å². The van der Waals surface area contributed by atoms with E-state index in [1.807, 2.05) is 0 Å². The van der Waals surface area contributed by atoms with Crippen molar-refractivity contribution in [3.63, 3.8) is 0 Å². The predicted molar refractivity (Wildman–Crippen MR) is 78.6 cm³/mol. The lowest BCUT2D eigenvalue weighted by molar-refractivity contribution is 0.449. The van der Waals surface area contributed by atoms with Crippen molar-refractivity contribution in [3.8, 4) is 0 Å². The fourth-order valence-corrected chi connectivity index (χ4v) is 4.13. The molecule has 20 heavy (non-hydrogen) atoms. The van der Waals surface area contributed by atoms with Crippen LogP contribution in [0, 0.1) is 11.6 Å². The quantitative estimate of drug-likeness (QED) is 0.889. The summed E-state index contributed by atoms with van der Waals surface area (Å²) in [5, 5.41) is 2.38. The first-order valence-corrected chi connectivity index (χ1v) is 9.12. The molecule has 2 atom stereocenters. The summed E-state index contributed by atoms with van der Waals surface area (Å²) >= 11 is 3.02. The first-order chi connectivity index (χ1) is 9.27. The molecule has 1 N–H and O–H groups in total. The van der Waals surface area contributed by atoms with Crippen LogP contribution in [0.1, 0.15) is 25.7 Å². The van der Waals surface area contributed by atoms with Gasteiger partial charge in [0.15, 0.2) is 0 Å². The highest BCUT2D eigenvalue weighted by Crippen LogP contribution is 2.29. The lowest BCUT2D eigenvalue weighted by atomic mass is 9.94. The zero-order chi connectivity index (χ0) is 14.9. The molecule has 2 rings (SSSR count). The lowest BCUT2D eigenvalue weighted by Crippen LogP contribution is -2.34. The molecule has 1 aliphatic rings. The normalized spacial score (nSPS) is 23.6. The van der Waals surface area contributed by atoms with E-state index in [-0.39, 0.29) is 11.7 Å². The first kappa shape index (κ1) is 15.7. The Morgan fingerprint density at radius 1 is 1.25 bits per heavy atom. The van der Waals surface area contributed by atoms with Gasteiger partial charge in [0.25, 0.3) is 0 Å². The molecule has 3 nitrogen and oxygen atoms in total. The molecule has 1 fully saturated rings. The van der Waals surface area contributed by atoms with E-state index in [2.05, 4.69) is 21.2 Å². The largest absolute Gasteiger partial charge is 0.378 e. The van der Waals surface area contributed by atoms with Crippen molar-refractivity contribution in [2.24, 2.45) is 0 Å². The Hall–Kier alpha value is -0.690. The van der Waals surface area contributed by atoms with Crippen molar-refractivity contribution < 1.29 is 17.2 Å². The highest BCUT2D eigenvalue weighted by Gasteiger charge is 2.29. The van der Waals surface area contributed by atoms with Crippen molar-refractivity contribution in [3.05, 3.63) is 28.2 Å². The molecular weight excluding hydrogens is 352 g/mol. The average Bonchev–Trinajstić information content (AvgIpc) is 2.33. The molecule has 0 heterocycles. The van der Waals surface area contributed by atoms with Gasteiger partial charge in [0.05, 0.1) is 5.25 Å². The molecule has 7 heteroatoms. The Kier molecular flexibility index (Phi) is 4.69. The van der Waals surface area contributed by atoms with Crippen LogP contribution >= 0.6 is 15.9 Å². The van der Waals surface area contributed by atoms with Crippen molar-refractivity contribution in [2.75, 3.05) is 11.6 Å². The van der Waals surface area contributed by atoms with Gasteiger partial charge in [-0.2, -0.15) is 0 Å². The monoisotopic (exact) mass is 367 g/mol. The van der Waals surface area contributed by atoms with E-state index >= 15 is 0 Å². The number of rotatable bonds is 3. The maximum absolute atomic E-state index is 13.7. The second-order valence-corrected chi connectivity index (χ2v) is 8.45. The minimum atomic E-state index is -3.11. The molecule has 0 radical (unpaired) electrons. The summed E-state index contributed by atoms with van der Waals surface area (Å²) in [7, 11) is -3.11. The van der Waals surface area contributed by atoms with Crippen LogP contribution in [0.3, 0.4) is 0 Å². The summed E-state index contributed by atoms with van der Waals surface area (Å²) in [5.74, 6) is -1.36. The Balaban J connectivity index is 2.14. The highest BCUT2D eigenvalue weighted by atomic mass is 79.9. The van der Waals surface area contributed by atoms with Crippen LogP contribution in [0.25, 0.3) is 0 Å². The summed E-state index contributed by atoms with van der Waals surface area (Å²) < 4.78 is 51.0. The zero-order valence-electron chi connectivity index (χ0n) is 11.0. The second-order valence-electron chi connectivity index (χ2n) is 5.20. The third-order valence-corrected chi connectivity index (χ3v) is 5.68. The Morgan fingerprint density at radius 3 is 2.40 bits per heavy atom. The van der Waals surface area contributed by atoms with E-state index < -0.39 is 26.7 Å².